The van der Waals surface area contributed by atoms with E-state index in [0.29, 0.717) is 11.2 Å². The molecule has 4 heteroatoms. The average Bonchev–Trinajstić information content (AvgIpc) is 2.54. The van der Waals surface area contributed by atoms with Gasteiger partial charge in [-0.05, 0) is 25.7 Å². The summed E-state index contributed by atoms with van der Waals surface area (Å²) in [6, 6.07) is 0. The molecule has 0 aromatic rings. The van der Waals surface area contributed by atoms with Crippen molar-refractivity contribution < 1.29 is 14.9 Å². The van der Waals surface area contributed by atoms with E-state index in [9.17, 15) is 5.11 Å². The van der Waals surface area contributed by atoms with E-state index in [4.69, 9.17) is 9.84 Å². The van der Waals surface area contributed by atoms with Crippen LogP contribution < -0.4 is 0 Å². The van der Waals surface area contributed by atoms with Crippen LogP contribution in [0.1, 0.15) is 32.6 Å². The Morgan fingerprint density at radius 1 is 1.38 bits per heavy atom. The van der Waals surface area contributed by atoms with Gasteiger partial charge in [0.1, 0.15) is 0 Å². The molecule has 0 amide bonds. The Hall–Kier alpha value is 0.1000. The van der Waals surface area contributed by atoms with Gasteiger partial charge < -0.3 is 14.9 Å². The number of rotatable bonds is 5. The van der Waals surface area contributed by atoms with Crippen molar-refractivity contribution in [2.45, 2.75) is 55.7 Å². The molecule has 0 spiro atoms. The van der Waals surface area contributed by atoms with Crippen molar-refractivity contribution in [3.8, 4) is 0 Å². The highest BCUT2D eigenvalue weighted by Gasteiger charge is 2.27. The summed E-state index contributed by atoms with van der Waals surface area (Å²) >= 11 is 3.60. The lowest BCUT2D eigenvalue weighted by Crippen LogP contribution is -2.35. The lowest BCUT2D eigenvalue weighted by Gasteiger charge is -2.27. The highest BCUT2D eigenvalue weighted by Crippen LogP contribution is 2.24. The molecule has 1 aliphatic heterocycles. The molecule has 1 rings (SSSR count). The predicted octanol–water partition coefficient (Wildman–Crippen LogP) is 2.01. The van der Waals surface area contributed by atoms with Gasteiger partial charge in [-0.3, -0.25) is 0 Å². The molecule has 3 nitrogen and oxygen atoms in total. The third-order valence-corrected chi connectivity index (χ3v) is 4.14. The Kier molecular flexibility index (Phi) is 6.58. The second-order valence-corrected chi connectivity index (χ2v) is 5.34. The van der Waals surface area contributed by atoms with Crippen molar-refractivity contribution in [2.75, 3.05) is 6.61 Å². The summed E-state index contributed by atoms with van der Waals surface area (Å²) in [6.45, 7) is 2.11. The normalized spacial score (nSPS) is 29.8. The van der Waals surface area contributed by atoms with Crippen molar-refractivity contribution in [1.29, 1.82) is 0 Å². The zero-order valence-electron chi connectivity index (χ0n) is 9.68. The zero-order valence-corrected chi connectivity index (χ0v) is 11.3. The molecule has 94 valence electrons. The number of alkyl halides is 1. The van der Waals surface area contributed by atoms with E-state index in [2.05, 4.69) is 35.0 Å². The summed E-state index contributed by atoms with van der Waals surface area (Å²) in [5.41, 5.74) is 0. The first-order valence-electron chi connectivity index (χ1n) is 5.92. The maximum absolute atomic E-state index is 9.84. The van der Waals surface area contributed by atoms with Gasteiger partial charge in [-0.25, -0.2) is 0 Å². The molecular formula is C12H21BrO3. The molecule has 1 aliphatic rings. The molecule has 0 aliphatic carbocycles. The number of hydrogen-bond acceptors (Lipinski definition) is 3. The van der Waals surface area contributed by atoms with Gasteiger partial charge >= 0.3 is 0 Å². The van der Waals surface area contributed by atoms with Crippen molar-refractivity contribution in [3.05, 3.63) is 12.2 Å². The lowest BCUT2D eigenvalue weighted by atomic mass is 10.1. The smallest absolute Gasteiger partial charge is 0.0873 e. The molecule has 0 unspecified atom stereocenters. The van der Waals surface area contributed by atoms with Gasteiger partial charge in [-0.2, -0.15) is 0 Å². The van der Waals surface area contributed by atoms with E-state index in [1.165, 1.54) is 0 Å². The topological polar surface area (TPSA) is 49.7 Å². The summed E-state index contributed by atoms with van der Waals surface area (Å²) < 4.78 is 5.91. The van der Waals surface area contributed by atoms with Crippen LogP contribution in [0.25, 0.3) is 0 Å². The van der Waals surface area contributed by atoms with Gasteiger partial charge in [-0.15, -0.1) is 0 Å². The van der Waals surface area contributed by atoms with Crippen molar-refractivity contribution >= 4 is 15.9 Å². The SMILES string of the molecule is CC[C@@H](Br)[C@@H]1CC=CC[C@H]([C@H](O)CCO)O1. The minimum absolute atomic E-state index is 0.000919. The molecule has 4 atom stereocenters. The van der Waals surface area contributed by atoms with Gasteiger partial charge in [0.15, 0.2) is 0 Å². The number of hydrogen-bond donors (Lipinski definition) is 2. The first kappa shape index (κ1) is 14.2. The van der Waals surface area contributed by atoms with Crippen LogP contribution >= 0.6 is 15.9 Å². The van der Waals surface area contributed by atoms with Crippen LogP contribution in [0.2, 0.25) is 0 Å². The quantitative estimate of drug-likeness (QED) is 0.602. The van der Waals surface area contributed by atoms with Gasteiger partial charge in [-0.1, -0.05) is 35.0 Å². The fourth-order valence-electron chi connectivity index (χ4n) is 1.86. The van der Waals surface area contributed by atoms with Crippen LogP contribution in [0, 0.1) is 0 Å². The molecular weight excluding hydrogens is 272 g/mol. The average molecular weight is 293 g/mol. The molecule has 0 fully saturated rings. The Bertz CT molecular complexity index is 220. The van der Waals surface area contributed by atoms with Crippen LogP contribution in [0.5, 0.6) is 0 Å². The van der Waals surface area contributed by atoms with Gasteiger partial charge in [0.25, 0.3) is 0 Å². The number of halogens is 1. The summed E-state index contributed by atoms with van der Waals surface area (Å²) in [5.74, 6) is 0. The van der Waals surface area contributed by atoms with E-state index >= 15 is 0 Å². The molecule has 0 bridgehead atoms. The first-order chi connectivity index (χ1) is 7.69. The fraction of sp³-hybridized carbons (Fsp3) is 0.833. The lowest BCUT2D eigenvalue weighted by molar-refractivity contribution is -0.0766. The Morgan fingerprint density at radius 2 is 2.00 bits per heavy atom. The van der Waals surface area contributed by atoms with Crippen molar-refractivity contribution in [2.24, 2.45) is 0 Å². The van der Waals surface area contributed by atoms with E-state index in [1.54, 1.807) is 0 Å². The van der Waals surface area contributed by atoms with E-state index in [0.717, 1.165) is 19.3 Å². The maximum atomic E-state index is 9.84. The fourth-order valence-corrected chi connectivity index (χ4v) is 2.20. The van der Waals surface area contributed by atoms with Gasteiger partial charge in [0.05, 0.1) is 18.3 Å². The number of ether oxygens (including phenoxy) is 1. The minimum Gasteiger partial charge on any atom is -0.396 e. The zero-order chi connectivity index (χ0) is 12.0. The molecule has 0 aromatic carbocycles. The maximum Gasteiger partial charge on any atom is 0.0873 e. The standard InChI is InChI=1S/C12H21BrO3/c1-2-9(13)11-5-3-4-6-12(16-11)10(15)7-8-14/h3-4,9-12,14-15H,2,5-8H2,1H3/t9-,10-,11+,12-/m1/s1. The number of aliphatic hydroxyl groups is 2. The second-order valence-electron chi connectivity index (χ2n) is 4.16. The van der Waals surface area contributed by atoms with E-state index in [1.807, 2.05) is 0 Å². The molecule has 2 N–H and O–H groups in total. The van der Waals surface area contributed by atoms with Crippen LogP contribution in [0.3, 0.4) is 0 Å². The Morgan fingerprint density at radius 3 is 2.56 bits per heavy atom. The Labute approximate surface area is 106 Å². The first-order valence-corrected chi connectivity index (χ1v) is 6.84. The summed E-state index contributed by atoms with van der Waals surface area (Å²) in [4.78, 5) is 0.319. The third-order valence-electron chi connectivity index (χ3n) is 2.90. The Balaban J connectivity index is 2.55. The largest absolute Gasteiger partial charge is 0.396 e. The van der Waals surface area contributed by atoms with E-state index in [-0.39, 0.29) is 18.8 Å². The minimum atomic E-state index is -0.577. The molecule has 0 saturated heterocycles. The molecule has 1 heterocycles. The van der Waals surface area contributed by atoms with E-state index < -0.39 is 6.10 Å². The van der Waals surface area contributed by atoms with Crippen LogP contribution in [0.15, 0.2) is 12.2 Å². The summed E-state index contributed by atoms with van der Waals surface area (Å²) in [6.07, 6.45) is 6.50. The van der Waals surface area contributed by atoms with Crippen LogP contribution in [0.4, 0.5) is 0 Å². The monoisotopic (exact) mass is 292 g/mol. The molecule has 0 radical (unpaired) electrons. The van der Waals surface area contributed by atoms with Crippen molar-refractivity contribution in [1.82, 2.24) is 0 Å². The molecule has 16 heavy (non-hydrogen) atoms. The predicted molar refractivity (Wildman–Crippen MR) is 67.8 cm³/mol. The van der Waals surface area contributed by atoms with Crippen LogP contribution in [-0.4, -0.2) is 40.0 Å². The van der Waals surface area contributed by atoms with Gasteiger partial charge in [0, 0.05) is 11.4 Å². The second kappa shape index (κ2) is 7.43. The highest BCUT2D eigenvalue weighted by molar-refractivity contribution is 9.09. The van der Waals surface area contributed by atoms with Gasteiger partial charge in [0.2, 0.25) is 0 Å². The molecule has 0 aromatic heterocycles. The highest BCUT2D eigenvalue weighted by atomic mass is 79.9. The molecule has 0 saturated carbocycles. The number of aliphatic hydroxyl groups excluding tert-OH is 2. The summed E-state index contributed by atoms with van der Waals surface area (Å²) in [7, 11) is 0. The van der Waals surface area contributed by atoms with Crippen molar-refractivity contribution in [3.63, 3.8) is 0 Å². The third kappa shape index (κ3) is 4.17. The van der Waals surface area contributed by atoms with Crippen LogP contribution in [-0.2, 0) is 4.74 Å². The summed E-state index contributed by atoms with van der Waals surface area (Å²) in [5, 5.41) is 18.7.